The average molecular weight is 427 g/mol. The van der Waals surface area contributed by atoms with Crippen LogP contribution in [0.2, 0.25) is 0 Å². The average Bonchev–Trinajstić information content (AvgIpc) is 2.79. The number of hydrogen-bond donors (Lipinski definition) is 0. The molecular formula is C25H34N2O4. The van der Waals surface area contributed by atoms with E-state index < -0.39 is 12.1 Å². The summed E-state index contributed by atoms with van der Waals surface area (Å²) in [4.78, 5) is 12.0. The van der Waals surface area contributed by atoms with Crippen LogP contribution in [0.5, 0.6) is 11.5 Å². The van der Waals surface area contributed by atoms with Crippen molar-refractivity contribution >= 4 is 17.3 Å². The van der Waals surface area contributed by atoms with Crippen LogP contribution in [0.15, 0.2) is 58.8 Å². The first-order valence-corrected chi connectivity index (χ1v) is 11.2. The van der Waals surface area contributed by atoms with E-state index in [2.05, 4.69) is 24.1 Å². The second-order valence-corrected chi connectivity index (χ2v) is 7.38. The number of unbranched alkanes of at least 4 members (excludes halogenated alkanes) is 4. The Bertz CT molecular complexity index is 788. The largest absolute Gasteiger partial charge is 0.494 e. The molecule has 0 N–H and O–H groups in total. The summed E-state index contributed by atoms with van der Waals surface area (Å²) in [5.74, 6) is 0.892. The van der Waals surface area contributed by atoms with E-state index in [-0.39, 0.29) is 0 Å². The number of ether oxygens (including phenoxy) is 3. The molecule has 31 heavy (non-hydrogen) atoms. The lowest BCUT2D eigenvalue weighted by Gasteiger charge is -2.12. The number of azo groups is 1. The molecule has 0 saturated carbocycles. The maximum Gasteiger partial charge on any atom is 0.340 e. The molecule has 0 amide bonds. The van der Waals surface area contributed by atoms with Crippen LogP contribution in [-0.2, 0) is 9.53 Å². The van der Waals surface area contributed by atoms with Crippen LogP contribution >= 0.6 is 0 Å². The van der Waals surface area contributed by atoms with Crippen molar-refractivity contribution in [2.75, 3.05) is 13.2 Å². The fourth-order valence-electron chi connectivity index (χ4n) is 2.70. The van der Waals surface area contributed by atoms with Gasteiger partial charge in [0.15, 0.2) is 6.10 Å². The zero-order valence-electron chi connectivity index (χ0n) is 18.9. The third kappa shape index (κ3) is 9.75. The quantitative estimate of drug-likeness (QED) is 0.139. The summed E-state index contributed by atoms with van der Waals surface area (Å²) in [7, 11) is 0. The topological polar surface area (TPSA) is 69.5 Å². The van der Waals surface area contributed by atoms with Crippen LogP contribution in [0.4, 0.5) is 11.4 Å². The summed E-state index contributed by atoms with van der Waals surface area (Å²) < 4.78 is 16.5. The van der Waals surface area contributed by atoms with Gasteiger partial charge in [-0.25, -0.2) is 4.79 Å². The second kappa shape index (κ2) is 14.3. The minimum atomic E-state index is -0.589. The minimum absolute atomic E-state index is 0.404. The number of nitrogens with zero attached hydrogens (tertiary/aromatic N) is 2. The van der Waals surface area contributed by atoms with E-state index in [0.29, 0.717) is 18.0 Å². The molecule has 0 spiro atoms. The number of benzene rings is 2. The van der Waals surface area contributed by atoms with Gasteiger partial charge in [-0.05, 0) is 68.3 Å². The van der Waals surface area contributed by atoms with Crippen molar-refractivity contribution in [1.82, 2.24) is 0 Å². The molecule has 0 aliphatic rings. The number of carbonyl (C=O) groups is 1. The third-order valence-electron chi connectivity index (χ3n) is 4.64. The summed E-state index contributed by atoms with van der Waals surface area (Å²) in [6.07, 6.45) is 6.10. The number of carbonyl (C=O) groups excluding carboxylic acids is 1. The van der Waals surface area contributed by atoms with E-state index in [1.165, 1.54) is 19.3 Å². The maximum atomic E-state index is 12.0. The molecule has 0 fully saturated rings. The highest BCUT2D eigenvalue weighted by Gasteiger charge is 2.15. The molecule has 2 rings (SSSR count). The molecule has 0 heterocycles. The van der Waals surface area contributed by atoms with E-state index in [1.807, 2.05) is 24.3 Å². The lowest BCUT2D eigenvalue weighted by atomic mass is 10.2. The van der Waals surface area contributed by atoms with E-state index in [9.17, 15) is 4.79 Å². The van der Waals surface area contributed by atoms with Gasteiger partial charge in [0.05, 0.1) is 18.0 Å². The van der Waals surface area contributed by atoms with Crippen molar-refractivity contribution in [3.05, 3.63) is 48.5 Å². The normalized spacial score (nSPS) is 12.1. The Morgan fingerprint density at radius 2 is 1.35 bits per heavy atom. The highest BCUT2D eigenvalue weighted by molar-refractivity contribution is 5.76. The Morgan fingerprint density at radius 1 is 0.774 bits per heavy atom. The van der Waals surface area contributed by atoms with Crippen LogP contribution in [0.3, 0.4) is 0 Å². The second-order valence-electron chi connectivity index (χ2n) is 7.38. The molecule has 168 valence electrons. The zero-order valence-corrected chi connectivity index (χ0v) is 18.9. The van der Waals surface area contributed by atoms with Gasteiger partial charge in [0.25, 0.3) is 0 Å². The van der Waals surface area contributed by atoms with Gasteiger partial charge >= 0.3 is 5.97 Å². The first-order chi connectivity index (χ1) is 15.1. The van der Waals surface area contributed by atoms with Gasteiger partial charge in [-0.15, -0.1) is 0 Å². The summed E-state index contributed by atoms with van der Waals surface area (Å²) >= 11 is 0. The molecule has 0 aliphatic heterocycles. The van der Waals surface area contributed by atoms with Crippen LogP contribution in [0, 0.1) is 0 Å². The number of rotatable bonds is 14. The van der Waals surface area contributed by atoms with Gasteiger partial charge in [0.1, 0.15) is 11.5 Å². The smallest absolute Gasteiger partial charge is 0.340 e. The van der Waals surface area contributed by atoms with Crippen LogP contribution in [0.25, 0.3) is 0 Å². The highest BCUT2D eigenvalue weighted by atomic mass is 16.6. The molecule has 6 heteroatoms. The van der Waals surface area contributed by atoms with Gasteiger partial charge in [-0.3, -0.25) is 0 Å². The molecule has 0 radical (unpaired) electrons. The van der Waals surface area contributed by atoms with Gasteiger partial charge in [-0.2, -0.15) is 10.2 Å². The summed E-state index contributed by atoms with van der Waals surface area (Å²) in [5, 5.41) is 8.47. The Morgan fingerprint density at radius 3 is 1.94 bits per heavy atom. The van der Waals surface area contributed by atoms with Crippen molar-refractivity contribution in [1.29, 1.82) is 0 Å². The molecule has 1 unspecified atom stereocenters. The van der Waals surface area contributed by atoms with Crippen molar-refractivity contribution in [2.24, 2.45) is 10.2 Å². The Hall–Kier alpha value is -2.73. The molecule has 6 nitrogen and oxygen atoms in total. The lowest BCUT2D eigenvalue weighted by molar-refractivity contribution is -0.146. The monoisotopic (exact) mass is 426 g/mol. The number of esters is 1. The van der Waals surface area contributed by atoms with Crippen LogP contribution < -0.4 is 9.47 Å². The Labute approximate surface area is 185 Å². The predicted molar refractivity (Wildman–Crippen MR) is 123 cm³/mol. The molecule has 0 saturated heterocycles. The zero-order chi connectivity index (χ0) is 22.3. The fraction of sp³-hybridized carbons (Fsp3) is 0.480. The van der Waals surface area contributed by atoms with Crippen LogP contribution in [0.1, 0.15) is 59.3 Å². The SMILES string of the molecule is CCCCCCOc1ccc(N=Nc2ccc(OC(=O)C(C)OCCCC)cc2)cc1. The maximum absolute atomic E-state index is 12.0. The lowest BCUT2D eigenvalue weighted by Crippen LogP contribution is -2.26. The minimum Gasteiger partial charge on any atom is -0.494 e. The van der Waals surface area contributed by atoms with Crippen molar-refractivity contribution in [3.63, 3.8) is 0 Å². The summed E-state index contributed by atoms with van der Waals surface area (Å²) in [6, 6.07) is 14.5. The van der Waals surface area contributed by atoms with E-state index >= 15 is 0 Å². The van der Waals surface area contributed by atoms with E-state index in [4.69, 9.17) is 14.2 Å². The highest BCUT2D eigenvalue weighted by Crippen LogP contribution is 2.23. The fourth-order valence-corrected chi connectivity index (χ4v) is 2.70. The molecular weight excluding hydrogens is 392 g/mol. The van der Waals surface area contributed by atoms with Crippen molar-refractivity contribution in [2.45, 2.75) is 65.4 Å². The van der Waals surface area contributed by atoms with E-state index in [0.717, 1.165) is 37.3 Å². The first kappa shape index (κ1) is 24.5. The Balaban J connectivity index is 1.79. The molecule has 0 bridgehead atoms. The van der Waals surface area contributed by atoms with Gasteiger partial charge in [0.2, 0.25) is 0 Å². The summed E-state index contributed by atoms with van der Waals surface area (Å²) in [5.41, 5.74) is 1.41. The third-order valence-corrected chi connectivity index (χ3v) is 4.64. The van der Waals surface area contributed by atoms with E-state index in [1.54, 1.807) is 31.2 Å². The van der Waals surface area contributed by atoms with Gasteiger partial charge in [-0.1, -0.05) is 39.5 Å². The first-order valence-electron chi connectivity index (χ1n) is 11.2. The van der Waals surface area contributed by atoms with Crippen molar-refractivity contribution < 1.29 is 19.0 Å². The molecule has 1 atom stereocenters. The molecule has 2 aromatic carbocycles. The van der Waals surface area contributed by atoms with Gasteiger partial charge in [0, 0.05) is 6.61 Å². The molecule has 0 aliphatic carbocycles. The number of hydrogen-bond acceptors (Lipinski definition) is 6. The predicted octanol–water partition coefficient (Wildman–Crippen LogP) is 7.17. The Kier molecular flexibility index (Phi) is 11.3. The molecule has 2 aromatic rings. The van der Waals surface area contributed by atoms with Crippen molar-refractivity contribution in [3.8, 4) is 11.5 Å². The van der Waals surface area contributed by atoms with Crippen LogP contribution in [-0.4, -0.2) is 25.3 Å². The van der Waals surface area contributed by atoms with Gasteiger partial charge < -0.3 is 14.2 Å². The summed E-state index contributed by atoms with van der Waals surface area (Å²) in [6.45, 7) is 7.26. The molecule has 0 aromatic heterocycles. The standard InChI is InChI=1S/C25H34N2O4/c1-4-6-8-9-19-30-23-14-10-21(11-15-23)26-27-22-12-16-24(17-13-22)31-25(28)20(3)29-18-7-5-2/h10-17,20H,4-9,18-19H2,1-3H3.